The molecule has 1 heterocycles. The summed E-state index contributed by atoms with van der Waals surface area (Å²) in [5, 5.41) is 8.61. The number of rotatable bonds is 3. The minimum Gasteiger partial charge on any atom is -0.297 e. The van der Waals surface area contributed by atoms with Crippen LogP contribution >= 0.6 is 0 Å². The van der Waals surface area contributed by atoms with Crippen LogP contribution in [-0.4, -0.2) is 42.5 Å². The Morgan fingerprint density at radius 2 is 1.71 bits per heavy atom. The van der Waals surface area contributed by atoms with Crippen LogP contribution in [0.3, 0.4) is 0 Å². The van der Waals surface area contributed by atoms with Crippen LogP contribution in [-0.2, 0) is 12.7 Å². The van der Waals surface area contributed by atoms with Crippen LogP contribution in [0.5, 0.6) is 0 Å². The maximum atomic E-state index is 13.0. The zero-order valence-electron chi connectivity index (χ0n) is 11.3. The van der Waals surface area contributed by atoms with Gasteiger partial charge in [-0.05, 0) is 17.7 Å². The number of piperazine rings is 1. The molecule has 0 spiro atoms. The monoisotopic (exact) mass is 301 g/mol. The third-order valence-corrected chi connectivity index (χ3v) is 3.53. The molecule has 1 aromatic carbocycles. The van der Waals surface area contributed by atoms with E-state index in [0.717, 1.165) is 6.07 Å². The predicted octanol–water partition coefficient (Wildman–Crippen LogP) is 2.49. The summed E-state index contributed by atoms with van der Waals surface area (Å²) in [6, 6.07) is 4.84. The van der Waals surface area contributed by atoms with Crippen LogP contribution < -0.4 is 0 Å². The van der Waals surface area contributed by atoms with Crippen molar-refractivity contribution in [3.63, 3.8) is 0 Å². The second-order valence-corrected chi connectivity index (χ2v) is 5.01. The van der Waals surface area contributed by atoms with Gasteiger partial charge in [-0.15, -0.1) is 0 Å². The number of halogens is 4. The molecule has 0 aromatic heterocycles. The molecule has 3 nitrogen and oxygen atoms in total. The van der Waals surface area contributed by atoms with E-state index in [-0.39, 0.29) is 12.1 Å². The Morgan fingerprint density at radius 3 is 2.29 bits per heavy atom. The number of hydrogen-bond acceptors (Lipinski definition) is 3. The fraction of sp³-hybridized carbons (Fsp3) is 0.500. The van der Waals surface area contributed by atoms with E-state index in [2.05, 4.69) is 6.07 Å². The Bertz CT molecular complexity index is 528. The third kappa shape index (κ3) is 4.16. The number of benzene rings is 1. The van der Waals surface area contributed by atoms with Crippen LogP contribution in [0.2, 0.25) is 0 Å². The second kappa shape index (κ2) is 6.41. The molecule has 0 saturated carbocycles. The lowest BCUT2D eigenvalue weighted by Crippen LogP contribution is -2.46. The molecular weight excluding hydrogens is 286 g/mol. The highest BCUT2D eigenvalue weighted by Crippen LogP contribution is 2.33. The van der Waals surface area contributed by atoms with Gasteiger partial charge in [-0.25, -0.2) is 4.39 Å². The molecule has 0 amide bonds. The van der Waals surface area contributed by atoms with Crippen molar-refractivity contribution in [2.24, 2.45) is 0 Å². The highest BCUT2D eigenvalue weighted by Gasteiger charge is 2.34. The summed E-state index contributed by atoms with van der Waals surface area (Å²) in [6.07, 6.45) is -4.56. The quantitative estimate of drug-likeness (QED) is 0.635. The van der Waals surface area contributed by atoms with E-state index in [0.29, 0.717) is 38.8 Å². The SMILES string of the molecule is N#CCN1CCN(Cc2ccc(F)cc2C(F)(F)F)CC1. The van der Waals surface area contributed by atoms with E-state index in [1.807, 2.05) is 9.80 Å². The average Bonchev–Trinajstić information content (AvgIpc) is 2.42. The molecule has 1 aliphatic heterocycles. The van der Waals surface area contributed by atoms with Gasteiger partial charge in [0.25, 0.3) is 0 Å². The number of nitriles is 1. The smallest absolute Gasteiger partial charge is 0.297 e. The molecule has 114 valence electrons. The summed E-state index contributed by atoms with van der Waals surface area (Å²) >= 11 is 0. The molecule has 0 radical (unpaired) electrons. The molecule has 21 heavy (non-hydrogen) atoms. The fourth-order valence-electron chi connectivity index (χ4n) is 2.40. The van der Waals surface area contributed by atoms with Crippen molar-refractivity contribution >= 4 is 0 Å². The molecule has 1 aliphatic rings. The third-order valence-electron chi connectivity index (χ3n) is 3.53. The zero-order valence-corrected chi connectivity index (χ0v) is 11.3. The average molecular weight is 301 g/mol. The topological polar surface area (TPSA) is 30.3 Å². The molecule has 1 aromatic rings. The van der Waals surface area contributed by atoms with Crippen LogP contribution in [0.4, 0.5) is 17.6 Å². The molecule has 0 atom stereocenters. The molecule has 1 saturated heterocycles. The predicted molar refractivity (Wildman–Crippen MR) is 68.7 cm³/mol. The summed E-state index contributed by atoms with van der Waals surface area (Å²) in [7, 11) is 0. The largest absolute Gasteiger partial charge is 0.416 e. The highest BCUT2D eigenvalue weighted by molar-refractivity contribution is 5.30. The zero-order chi connectivity index (χ0) is 15.5. The Balaban J connectivity index is 2.06. The van der Waals surface area contributed by atoms with Gasteiger partial charge in [0.1, 0.15) is 5.82 Å². The lowest BCUT2D eigenvalue weighted by Gasteiger charge is -2.33. The summed E-state index contributed by atoms with van der Waals surface area (Å²) in [5.74, 6) is -0.884. The van der Waals surface area contributed by atoms with E-state index < -0.39 is 17.6 Å². The molecule has 0 bridgehead atoms. The van der Waals surface area contributed by atoms with E-state index >= 15 is 0 Å². The molecule has 0 aliphatic carbocycles. The Morgan fingerprint density at radius 1 is 1.10 bits per heavy atom. The van der Waals surface area contributed by atoms with Crippen LogP contribution in [0.25, 0.3) is 0 Å². The van der Waals surface area contributed by atoms with Crippen molar-refractivity contribution in [3.05, 3.63) is 35.1 Å². The van der Waals surface area contributed by atoms with Gasteiger partial charge in [-0.3, -0.25) is 9.80 Å². The van der Waals surface area contributed by atoms with Gasteiger partial charge < -0.3 is 0 Å². The lowest BCUT2D eigenvalue weighted by molar-refractivity contribution is -0.138. The van der Waals surface area contributed by atoms with Gasteiger partial charge >= 0.3 is 6.18 Å². The Labute approximate surface area is 120 Å². The van der Waals surface area contributed by atoms with Gasteiger partial charge in [0, 0.05) is 32.7 Å². The molecule has 1 fully saturated rings. The maximum absolute atomic E-state index is 13.0. The molecular formula is C14H15F4N3. The summed E-state index contributed by atoms with van der Waals surface area (Å²) in [5.41, 5.74) is -0.834. The van der Waals surface area contributed by atoms with Gasteiger partial charge in [0.2, 0.25) is 0 Å². The highest BCUT2D eigenvalue weighted by atomic mass is 19.4. The van der Waals surface area contributed by atoms with Gasteiger partial charge in [-0.1, -0.05) is 6.07 Å². The molecule has 2 rings (SSSR count). The van der Waals surface area contributed by atoms with Crippen LogP contribution in [0.15, 0.2) is 18.2 Å². The van der Waals surface area contributed by atoms with Gasteiger partial charge in [-0.2, -0.15) is 18.4 Å². The second-order valence-electron chi connectivity index (χ2n) is 5.01. The molecule has 0 N–H and O–H groups in total. The first kappa shape index (κ1) is 15.7. The van der Waals surface area contributed by atoms with E-state index in [9.17, 15) is 17.6 Å². The van der Waals surface area contributed by atoms with Crippen molar-refractivity contribution in [1.82, 2.24) is 9.80 Å². The van der Waals surface area contributed by atoms with Crippen LogP contribution in [0, 0.1) is 17.1 Å². The summed E-state index contributed by atoms with van der Waals surface area (Å²) < 4.78 is 51.8. The molecule has 0 unspecified atom stereocenters. The minimum absolute atomic E-state index is 0.0811. The van der Waals surface area contributed by atoms with Crippen molar-refractivity contribution in [3.8, 4) is 6.07 Å². The van der Waals surface area contributed by atoms with Gasteiger partial charge in [0.15, 0.2) is 0 Å². The van der Waals surface area contributed by atoms with E-state index in [1.54, 1.807) is 0 Å². The van der Waals surface area contributed by atoms with Crippen molar-refractivity contribution < 1.29 is 17.6 Å². The van der Waals surface area contributed by atoms with E-state index in [4.69, 9.17) is 5.26 Å². The summed E-state index contributed by atoms with van der Waals surface area (Å²) in [6.45, 7) is 2.95. The number of alkyl halides is 3. The molecule has 7 heteroatoms. The fourth-order valence-corrected chi connectivity index (χ4v) is 2.40. The van der Waals surface area contributed by atoms with Crippen molar-refractivity contribution in [2.45, 2.75) is 12.7 Å². The number of hydrogen-bond donors (Lipinski definition) is 0. The number of nitrogens with zero attached hydrogens (tertiary/aromatic N) is 3. The van der Waals surface area contributed by atoms with Crippen molar-refractivity contribution in [1.29, 1.82) is 5.26 Å². The lowest BCUT2D eigenvalue weighted by atomic mass is 10.1. The Kier molecular flexibility index (Phi) is 4.80. The van der Waals surface area contributed by atoms with E-state index in [1.165, 1.54) is 6.07 Å². The first-order valence-corrected chi connectivity index (χ1v) is 6.57. The minimum atomic E-state index is -4.56. The first-order valence-electron chi connectivity index (χ1n) is 6.57. The standard InChI is InChI=1S/C14H15F4N3/c15-12-2-1-11(13(9-12)14(16,17)18)10-21-7-5-20(4-3-19)6-8-21/h1-2,9H,4-8,10H2. The van der Waals surface area contributed by atoms with Crippen molar-refractivity contribution in [2.75, 3.05) is 32.7 Å². The first-order chi connectivity index (χ1) is 9.90. The maximum Gasteiger partial charge on any atom is 0.416 e. The normalized spacial score (nSPS) is 17.7. The summed E-state index contributed by atoms with van der Waals surface area (Å²) in [4.78, 5) is 3.84. The van der Waals surface area contributed by atoms with Gasteiger partial charge in [0.05, 0.1) is 18.2 Å². The Hall–Kier alpha value is -1.65. The van der Waals surface area contributed by atoms with Crippen LogP contribution in [0.1, 0.15) is 11.1 Å².